The Balaban J connectivity index is 2.95. The third-order valence-electron chi connectivity index (χ3n) is 5.21. The normalized spacial score (nSPS) is 15.2. The third kappa shape index (κ3) is 10.3. The van der Waals surface area contributed by atoms with E-state index in [2.05, 4.69) is 30.9 Å². The van der Waals surface area contributed by atoms with Crippen LogP contribution in [0.1, 0.15) is 39.3 Å². The van der Waals surface area contributed by atoms with Crippen LogP contribution in [0.3, 0.4) is 0 Å². The van der Waals surface area contributed by atoms with Crippen molar-refractivity contribution in [2.75, 3.05) is 6.54 Å². The number of aromatic amines is 1. The molecule has 36 heavy (non-hydrogen) atoms. The van der Waals surface area contributed by atoms with Gasteiger partial charge in [0.2, 0.25) is 17.7 Å². The first-order valence-electron chi connectivity index (χ1n) is 11.4. The number of hydrogen-bond acceptors (Lipinski definition) is 8. The van der Waals surface area contributed by atoms with Crippen molar-refractivity contribution >= 4 is 29.7 Å². The molecule has 0 aliphatic carbocycles. The number of carbonyl (C=O) groups is 4. The van der Waals surface area contributed by atoms with Crippen LogP contribution >= 0.6 is 0 Å². The highest BCUT2D eigenvalue weighted by molar-refractivity contribution is 5.94. The number of aromatic nitrogens is 2. The van der Waals surface area contributed by atoms with E-state index in [1.165, 1.54) is 19.4 Å². The van der Waals surface area contributed by atoms with E-state index in [-0.39, 0.29) is 25.3 Å². The van der Waals surface area contributed by atoms with Gasteiger partial charge < -0.3 is 48.3 Å². The summed E-state index contributed by atoms with van der Waals surface area (Å²) in [6.07, 6.45) is 2.14. The number of H-pyrrole nitrogens is 1. The molecule has 15 nitrogen and oxygen atoms in total. The minimum Gasteiger partial charge on any atom is -0.480 e. The van der Waals surface area contributed by atoms with E-state index in [1.54, 1.807) is 13.8 Å². The van der Waals surface area contributed by atoms with Crippen molar-refractivity contribution < 1.29 is 29.4 Å². The molecule has 1 rings (SSSR count). The predicted octanol–water partition coefficient (Wildman–Crippen LogP) is -3.09. The molecule has 0 bridgehead atoms. The monoisotopic (exact) mass is 511 g/mol. The van der Waals surface area contributed by atoms with Crippen LogP contribution in [-0.2, 0) is 25.6 Å². The molecule has 202 valence electrons. The number of hydrogen-bond donors (Lipinski definition) is 9. The summed E-state index contributed by atoms with van der Waals surface area (Å²) in [6, 6.07) is -4.86. The number of aliphatic hydroxyl groups excluding tert-OH is 1. The Bertz CT molecular complexity index is 900. The van der Waals surface area contributed by atoms with Gasteiger partial charge in [-0.2, -0.15) is 0 Å². The van der Waals surface area contributed by atoms with Crippen LogP contribution in [0.4, 0.5) is 0 Å². The molecular weight excluding hydrogens is 474 g/mol. The minimum absolute atomic E-state index is 0.0177. The summed E-state index contributed by atoms with van der Waals surface area (Å²) in [7, 11) is 0. The Morgan fingerprint density at radius 2 is 1.69 bits per heavy atom. The van der Waals surface area contributed by atoms with Crippen LogP contribution in [0.2, 0.25) is 0 Å². The summed E-state index contributed by atoms with van der Waals surface area (Å²) in [5.74, 6) is -4.08. The maximum Gasteiger partial charge on any atom is 0.326 e. The fraction of sp³-hybridized carbons (Fsp3) is 0.619. The minimum atomic E-state index is -1.48. The predicted molar refractivity (Wildman–Crippen MR) is 130 cm³/mol. The smallest absolute Gasteiger partial charge is 0.326 e. The molecule has 12 N–H and O–H groups in total. The van der Waals surface area contributed by atoms with Crippen molar-refractivity contribution in [2.45, 2.75) is 70.3 Å². The number of carboxylic acids is 1. The van der Waals surface area contributed by atoms with Crippen molar-refractivity contribution in [3.8, 4) is 0 Å². The van der Waals surface area contributed by atoms with Gasteiger partial charge in [-0.05, 0) is 25.7 Å². The number of carboxylic acid groups (broad SMARTS) is 1. The number of rotatable bonds is 15. The number of aliphatic hydroxyl groups is 1. The molecule has 0 spiro atoms. The van der Waals surface area contributed by atoms with Crippen LogP contribution in [0.5, 0.6) is 0 Å². The van der Waals surface area contributed by atoms with Crippen molar-refractivity contribution in [3.05, 3.63) is 18.2 Å². The third-order valence-corrected chi connectivity index (χ3v) is 5.21. The van der Waals surface area contributed by atoms with Gasteiger partial charge in [-0.3, -0.25) is 19.4 Å². The number of aliphatic imine (C=N–C) groups is 1. The average Bonchev–Trinajstić information content (AvgIpc) is 3.29. The van der Waals surface area contributed by atoms with Gasteiger partial charge in [0.05, 0.1) is 18.5 Å². The zero-order valence-electron chi connectivity index (χ0n) is 20.6. The standard InChI is InChI=1S/C21H37N9O6/c1-10(2)15(20(35)36)29-19(34)16(11(3)31)30-18(33)14(7-12-8-25-9-27-12)28-17(32)13(22)5-4-6-26-21(23)24/h8-11,13-16,31H,4-7,22H2,1-3H3,(H,25,27)(H,28,32)(H,29,34)(H,30,33)(H,35,36)(H4,23,24,26). The van der Waals surface area contributed by atoms with Gasteiger partial charge in [-0.15, -0.1) is 0 Å². The lowest BCUT2D eigenvalue weighted by molar-refractivity contribution is -0.144. The average molecular weight is 512 g/mol. The van der Waals surface area contributed by atoms with E-state index in [0.29, 0.717) is 12.1 Å². The zero-order valence-corrected chi connectivity index (χ0v) is 20.6. The van der Waals surface area contributed by atoms with Gasteiger partial charge in [-0.25, -0.2) is 9.78 Å². The highest BCUT2D eigenvalue weighted by Crippen LogP contribution is 2.06. The Morgan fingerprint density at radius 3 is 2.19 bits per heavy atom. The molecule has 5 unspecified atom stereocenters. The maximum absolute atomic E-state index is 13.1. The molecule has 0 radical (unpaired) electrons. The SMILES string of the molecule is CC(C)C(NC(=O)C(NC(=O)C(Cc1cnc[nH]1)NC(=O)C(N)CCCN=C(N)N)C(C)O)C(=O)O. The molecule has 15 heteroatoms. The fourth-order valence-corrected chi connectivity index (χ4v) is 3.17. The molecule has 0 fully saturated rings. The summed E-state index contributed by atoms with van der Waals surface area (Å²) >= 11 is 0. The van der Waals surface area contributed by atoms with Crippen LogP contribution in [0, 0.1) is 5.92 Å². The summed E-state index contributed by atoms with van der Waals surface area (Å²) in [5.41, 5.74) is 17.0. The van der Waals surface area contributed by atoms with Crippen LogP contribution < -0.4 is 33.2 Å². The summed E-state index contributed by atoms with van der Waals surface area (Å²) in [5, 5.41) is 26.7. The van der Waals surface area contributed by atoms with E-state index in [9.17, 15) is 29.4 Å². The van der Waals surface area contributed by atoms with Gasteiger partial charge in [0, 0.05) is 24.9 Å². The van der Waals surface area contributed by atoms with Crippen LogP contribution in [0.25, 0.3) is 0 Å². The molecule has 0 saturated carbocycles. The van der Waals surface area contributed by atoms with Crippen LogP contribution in [-0.4, -0.2) is 86.6 Å². The summed E-state index contributed by atoms with van der Waals surface area (Å²) < 4.78 is 0. The van der Waals surface area contributed by atoms with Crippen LogP contribution in [0.15, 0.2) is 17.5 Å². The van der Waals surface area contributed by atoms with Crippen molar-refractivity contribution in [1.82, 2.24) is 25.9 Å². The van der Waals surface area contributed by atoms with Gasteiger partial charge in [-0.1, -0.05) is 13.8 Å². The Kier molecular flexibility index (Phi) is 12.3. The lowest BCUT2D eigenvalue weighted by atomic mass is 10.0. The molecule has 1 aromatic rings. The first-order chi connectivity index (χ1) is 16.8. The van der Waals surface area contributed by atoms with Gasteiger partial charge >= 0.3 is 5.97 Å². The number of nitrogens with zero attached hydrogens (tertiary/aromatic N) is 2. The molecule has 1 heterocycles. The Labute approximate surface area is 208 Å². The second-order valence-electron chi connectivity index (χ2n) is 8.69. The Morgan fingerprint density at radius 1 is 1.06 bits per heavy atom. The number of nitrogens with one attached hydrogen (secondary N) is 4. The maximum atomic E-state index is 13.1. The van der Waals surface area contributed by atoms with Gasteiger partial charge in [0.15, 0.2) is 5.96 Å². The fourth-order valence-electron chi connectivity index (χ4n) is 3.17. The second-order valence-corrected chi connectivity index (χ2v) is 8.69. The topological polar surface area (TPSA) is 264 Å². The number of guanidine groups is 1. The van der Waals surface area contributed by atoms with E-state index in [0.717, 1.165) is 0 Å². The number of aliphatic carboxylic acids is 1. The summed E-state index contributed by atoms with van der Waals surface area (Å²) in [4.78, 5) is 60.4. The van der Waals surface area contributed by atoms with E-state index >= 15 is 0 Å². The molecule has 0 saturated heterocycles. The van der Waals surface area contributed by atoms with Crippen molar-refractivity contribution in [2.24, 2.45) is 28.1 Å². The molecule has 1 aromatic heterocycles. The lowest BCUT2D eigenvalue weighted by Gasteiger charge is -2.27. The van der Waals surface area contributed by atoms with E-state index in [4.69, 9.17) is 17.2 Å². The first-order valence-corrected chi connectivity index (χ1v) is 11.4. The molecular formula is C21H37N9O6. The number of carbonyl (C=O) groups excluding carboxylic acids is 3. The highest BCUT2D eigenvalue weighted by Gasteiger charge is 2.33. The summed E-state index contributed by atoms with van der Waals surface area (Å²) in [6.45, 7) is 4.75. The van der Waals surface area contributed by atoms with Gasteiger partial charge in [0.1, 0.15) is 18.1 Å². The number of imidazole rings is 1. The number of amides is 3. The molecule has 5 atom stereocenters. The van der Waals surface area contributed by atoms with Crippen molar-refractivity contribution in [3.63, 3.8) is 0 Å². The first kappa shape index (κ1) is 30.3. The van der Waals surface area contributed by atoms with Crippen molar-refractivity contribution in [1.29, 1.82) is 0 Å². The number of nitrogens with two attached hydrogens (primary N) is 3. The highest BCUT2D eigenvalue weighted by atomic mass is 16.4. The lowest BCUT2D eigenvalue weighted by Crippen LogP contribution is -2.60. The van der Waals surface area contributed by atoms with Gasteiger partial charge in [0.25, 0.3) is 0 Å². The zero-order chi connectivity index (χ0) is 27.4. The largest absolute Gasteiger partial charge is 0.480 e. The molecule has 0 aliphatic heterocycles. The van der Waals surface area contributed by atoms with E-state index in [1.807, 2.05) is 0 Å². The Hall–Kier alpha value is -3.72. The quantitative estimate of drug-likeness (QED) is 0.0650. The molecule has 3 amide bonds. The second kappa shape index (κ2) is 14.6. The van der Waals surface area contributed by atoms with E-state index < -0.39 is 59.9 Å². The molecule has 0 aromatic carbocycles. The molecule has 0 aliphatic rings.